The minimum absolute atomic E-state index is 0.0649. The van der Waals surface area contributed by atoms with Crippen molar-refractivity contribution in [1.82, 2.24) is 9.55 Å². The van der Waals surface area contributed by atoms with Crippen LogP contribution in [-0.2, 0) is 4.74 Å². The minimum atomic E-state index is -0.492. The molecule has 2 heterocycles. The van der Waals surface area contributed by atoms with E-state index in [0.717, 1.165) is 11.3 Å². The smallest absolute Gasteiger partial charge is 0.339 e. The molecule has 148 valence electrons. The van der Waals surface area contributed by atoms with E-state index in [1.165, 1.54) is 12.1 Å². The Hall–Kier alpha value is -3.86. The number of aromatic amines is 1. The molecule has 3 aromatic rings. The largest absolute Gasteiger partial charge is 0.462 e. The summed E-state index contributed by atoms with van der Waals surface area (Å²) >= 11 is 0. The van der Waals surface area contributed by atoms with Crippen LogP contribution in [0.1, 0.15) is 39.8 Å². The normalized spacial score (nSPS) is 10.6. The molecule has 29 heavy (non-hydrogen) atoms. The summed E-state index contributed by atoms with van der Waals surface area (Å²) in [5, 5.41) is 20.9. The highest BCUT2D eigenvalue weighted by Gasteiger charge is 2.24. The van der Waals surface area contributed by atoms with E-state index < -0.39 is 10.9 Å². The molecule has 0 spiro atoms. The van der Waals surface area contributed by atoms with Crippen LogP contribution in [-0.4, -0.2) is 27.1 Å². The number of hydrogen-bond donors (Lipinski definition) is 1. The summed E-state index contributed by atoms with van der Waals surface area (Å²) in [6, 6.07) is 9.99. The Kier molecular flexibility index (Phi) is 5.24. The van der Waals surface area contributed by atoms with Crippen molar-refractivity contribution in [2.45, 2.75) is 27.7 Å². The highest BCUT2D eigenvalue weighted by Crippen LogP contribution is 2.33. The van der Waals surface area contributed by atoms with E-state index in [-0.39, 0.29) is 12.3 Å². The van der Waals surface area contributed by atoms with Crippen LogP contribution in [0.2, 0.25) is 0 Å². The molecule has 0 aliphatic carbocycles. The first kappa shape index (κ1) is 19.9. The van der Waals surface area contributed by atoms with Crippen molar-refractivity contribution in [3.8, 4) is 23.1 Å². The third kappa shape index (κ3) is 3.38. The molecule has 0 saturated carbocycles. The van der Waals surface area contributed by atoms with Gasteiger partial charge in [-0.15, -0.1) is 0 Å². The van der Waals surface area contributed by atoms with Crippen LogP contribution in [0.5, 0.6) is 0 Å². The van der Waals surface area contributed by atoms with Crippen molar-refractivity contribution in [3.05, 3.63) is 68.5 Å². The lowest BCUT2D eigenvalue weighted by atomic mass is 10.1. The first-order valence-electron chi connectivity index (χ1n) is 9.04. The lowest BCUT2D eigenvalue weighted by Gasteiger charge is -2.11. The van der Waals surface area contributed by atoms with Gasteiger partial charge in [0.05, 0.1) is 28.4 Å². The van der Waals surface area contributed by atoms with Crippen LogP contribution >= 0.6 is 0 Å². The quantitative estimate of drug-likeness (QED) is 0.394. The van der Waals surface area contributed by atoms with Crippen molar-refractivity contribution < 1.29 is 14.5 Å². The molecular formula is C21H20N4O4. The molecule has 2 aromatic heterocycles. The van der Waals surface area contributed by atoms with Gasteiger partial charge >= 0.3 is 5.97 Å². The Morgan fingerprint density at radius 3 is 2.66 bits per heavy atom. The van der Waals surface area contributed by atoms with Gasteiger partial charge in [0.25, 0.3) is 5.69 Å². The molecule has 0 saturated heterocycles. The number of H-pyrrole nitrogens is 1. The molecule has 0 bridgehead atoms. The second kappa shape index (κ2) is 7.64. The molecule has 0 aliphatic rings. The number of nitrogens with one attached hydrogen (secondary N) is 1. The van der Waals surface area contributed by atoms with E-state index in [0.29, 0.717) is 33.9 Å². The SMILES string of the molecule is CCOC(=O)c1cc(-c2cccc([N+](=O)[O-])c2)n(-c2[nH]c(C)c(C)c2C#N)c1C. The number of non-ortho nitro benzene ring substituents is 1. The third-order valence-corrected chi connectivity index (χ3v) is 4.91. The molecule has 0 fully saturated rings. The van der Waals surface area contributed by atoms with Crippen molar-refractivity contribution in [2.75, 3.05) is 6.61 Å². The molecule has 0 unspecified atom stereocenters. The molecule has 0 aliphatic heterocycles. The summed E-state index contributed by atoms with van der Waals surface area (Å²) in [7, 11) is 0. The Bertz CT molecular complexity index is 1160. The second-order valence-corrected chi connectivity index (χ2v) is 6.60. The highest BCUT2D eigenvalue weighted by atomic mass is 16.6. The van der Waals surface area contributed by atoms with Crippen LogP contribution in [0.25, 0.3) is 17.1 Å². The molecule has 1 aromatic carbocycles. The zero-order chi connectivity index (χ0) is 21.3. The van der Waals surface area contributed by atoms with Gasteiger partial charge in [-0.3, -0.25) is 14.7 Å². The van der Waals surface area contributed by atoms with Crippen LogP contribution < -0.4 is 0 Å². The summed E-state index contributed by atoms with van der Waals surface area (Å²) < 4.78 is 6.90. The Morgan fingerprint density at radius 2 is 2.03 bits per heavy atom. The first-order valence-corrected chi connectivity index (χ1v) is 9.04. The van der Waals surface area contributed by atoms with Gasteiger partial charge in [0, 0.05) is 29.1 Å². The maximum atomic E-state index is 12.5. The standard InChI is InChI=1S/C21H20N4O4/c1-5-29-21(26)17-10-19(15-7-6-8-16(9-15)25(27)28)24(14(17)4)20-18(11-22)12(2)13(3)23-20/h6-10,23H,5H2,1-4H3. The number of nitriles is 1. The average molecular weight is 392 g/mol. The summed E-state index contributed by atoms with van der Waals surface area (Å²) in [5.74, 6) is 0.0194. The van der Waals surface area contributed by atoms with Gasteiger partial charge < -0.3 is 9.72 Å². The number of hydrogen-bond acceptors (Lipinski definition) is 5. The number of aryl methyl sites for hydroxylation is 1. The Labute approximate surface area is 167 Å². The molecule has 0 radical (unpaired) electrons. The van der Waals surface area contributed by atoms with Crippen molar-refractivity contribution >= 4 is 11.7 Å². The van der Waals surface area contributed by atoms with E-state index in [9.17, 15) is 20.2 Å². The lowest BCUT2D eigenvalue weighted by molar-refractivity contribution is -0.384. The number of ether oxygens (including phenoxy) is 1. The molecule has 0 amide bonds. The fraction of sp³-hybridized carbons (Fsp3) is 0.238. The van der Waals surface area contributed by atoms with Gasteiger partial charge in [-0.25, -0.2) is 4.79 Å². The highest BCUT2D eigenvalue weighted by molar-refractivity contribution is 5.93. The summed E-state index contributed by atoms with van der Waals surface area (Å²) in [6.45, 7) is 7.39. The van der Waals surface area contributed by atoms with Crippen LogP contribution in [0, 0.1) is 42.2 Å². The second-order valence-electron chi connectivity index (χ2n) is 6.60. The van der Waals surface area contributed by atoms with Crippen LogP contribution in [0.3, 0.4) is 0 Å². The number of benzene rings is 1. The predicted molar refractivity (Wildman–Crippen MR) is 107 cm³/mol. The van der Waals surface area contributed by atoms with Gasteiger partial charge in [0.15, 0.2) is 0 Å². The molecule has 0 atom stereocenters. The monoisotopic (exact) mass is 392 g/mol. The van der Waals surface area contributed by atoms with Gasteiger partial charge in [0.1, 0.15) is 11.9 Å². The van der Waals surface area contributed by atoms with E-state index in [2.05, 4.69) is 11.1 Å². The topological polar surface area (TPSA) is 114 Å². The van der Waals surface area contributed by atoms with E-state index in [1.807, 2.05) is 13.8 Å². The van der Waals surface area contributed by atoms with Gasteiger partial charge in [-0.2, -0.15) is 5.26 Å². The molecular weight excluding hydrogens is 372 g/mol. The molecule has 8 heteroatoms. The number of nitro groups is 1. The maximum Gasteiger partial charge on any atom is 0.339 e. The molecule has 3 rings (SSSR count). The molecule has 1 N–H and O–H groups in total. The van der Waals surface area contributed by atoms with Gasteiger partial charge in [0.2, 0.25) is 0 Å². The van der Waals surface area contributed by atoms with E-state index in [4.69, 9.17) is 4.74 Å². The van der Waals surface area contributed by atoms with Crippen molar-refractivity contribution in [3.63, 3.8) is 0 Å². The lowest BCUT2D eigenvalue weighted by Crippen LogP contribution is -2.07. The predicted octanol–water partition coefficient (Wildman–Crippen LogP) is 4.35. The summed E-state index contributed by atoms with van der Waals surface area (Å²) in [6.07, 6.45) is 0. The molecule has 8 nitrogen and oxygen atoms in total. The van der Waals surface area contributed by atoms with E-state index >= 15 is 0 Å². The summed E-state index contributed by atoms with van der Waals surface area (Å²) in [5.41, 5.74) is 4.02. The number of esters is 1. The summed E-state index contributed by atoms with van der Waals surface area (Å²) in [4.78, 5) is 26.4. The van der Waals surface area contributed by atoms with Gasteiger partial charge in [-0.05, 0) is 39.3 Å². The Morgan fingerprint density at radius 1 is 1.31 bits per heavy atom. The number of nitro benzene ring substituents is 1. The zero-order valence-corrected chi connectivity index (χ0v) is 16.6. The average Bonchev–Trinajstić information content (AvgIpc) is 3.18. The fourth-order valence-electron chi connectivity index (χ4n) is 3.31. The van der Waals surface area contributed by atoms with Crippen molar-refractivity contribution in [1.29, 1.82) is 5.26 Å². The van der Waals surface area contributed by atoms with Crippen LogP contribution in [0.15, 0.2) is 30.3 Å². The number of carbonyl (C=O) groups excluding carboxylic acids is 1. The maximum absolute atomic E-state index is 12.5. The number of aromatic nitrogens is 2. The van der Waals surface area contributed by atoms with Crippen LogP contribution in [0.4, 0.5) is 5.69 Å². The number of rotatable bonds is 5. The first-order chi connectivity index (χ1) is 13.8. The van der Waals surface area contributed by atoms with Crippen molar-refractivity contribution in [2.24, 2.45) is 0 Å². The Balaban J connectivity index is 2.34. The fourth-order valence-corrected chi connectivity index (χ4v) is 3.31. The third-order valence-electron chi connectivity index (χ3n) is 4.91. The number of carbonyl (C=O) groups is 1. The minimum Gasteiger partial charge on any atom is -0.462 e. The number of nitrogens with zero attached hydrogens (tertiary/aromatic N) is 3. The zero-order valence-electron chi connectivity index (χ0n) is 16.6. The van der Waals surface area contributed by atoms with E-state index in [1.54, 1.807) is 36.6 Å². The van der Waals surface area contributed by atoms with Gasteiger partial charge in [-0.1, -0.05) is 12.1 Å².